The highest BCUT2D eigenvalue weighted by atomic mass is 14.9. The van der Waals surface area contributed by atoms with Crippen LogP contribution in [0.1, 0.15) is 56.9 Å². The lowest BCUT2D eigenvalue weighted by Gasteiger charge is -2.26. The van der Waals surface area contributed by atoms with Crippen LogP contribution in [0.5, 0.6) is 0 Å². The predicted molar refractivity (Wildman–Crippen MR) is 233 cm³/mol. The topological polar surface area (TPSA) is 38.1 Å². The number of nitrogens with zero attached hydrogens (tertiary/aromatic N) is 3. The molecule has 0 atom stereocenters. The molecule has 0 aliphatic heterocycles. The molecule has 0 amide bonds. The predicted octanol–water partition coefficient (Wildman–Crippen LogP) is 13.5. The van der Waals surface area contributed by atoms with Crippen molar-refractivity contribution >= 4 is 11.4 Å². The average Bonchev–Trinajstić information content (AvgIpc) is 3.24. The van der Waals surface area contributed by atoms with E-state index in [1.165, 1.54) is 11.1 Å². The zero-order valence-electron chi connectivity index (χ0n) is 32.1. The molecule has 54 heavy (non-hydrogen) atoms. The van der Waals surface area contributed by atoms with Crippen molar-refractivity contribution in [2.75, 3.05) is 0 Å². The molecule has 0 fully saturated rings. The number of allylic oxidation sites excluding steroid dienone is 6. The number of hydrogen-bond donors (Lipinski definition) is 0. The van der Waals surface area contributed by atoms with E-state index in [9.17, 15) is 0 Å². The van der Waals surface area contributed by atoms with E-state index in [1.807, 2.05) is 87.5 Å². The molecule has 268 valence electrons. The van der Waals surface area contributed by atoms with Gasteiger partial charge in [-0.2, -0.15) is 0 Å². The zero-order valence-corrected chi connectivity index (χ0v) is 32.1. The molecule has 0 spiro atoms. The smallest absolute Gasteiger partial charge is 0.160 e. The molecule has 0 saturated carbocycles. The van der Waals surface area contributed by atoms with E-state index in [4.69, 9.17) is 15.0 Å². The second kappa shape index (κ2) is 18.3. The van der Waals surface area contributed by atoms with Gasteiger partial charge < -0.3 is 0 Å². The largest absolute Gasteiger partial charge is 0.252 e. The third-order valence-electron chi connectivity index (χ3n) is 9.31. The monoisotopic (exact) mass is 703 g/mol. The molecular weight excluding hydrogens is 655 g/mol. The van der Waals surface area contributed by atoms with Crippen LogP contribution in [0.4, 0.5) is 0 Å². The van der Waals surface area contributed by atoms with E-state index in [-0.39, 0.29) is 5.41 Å². The third-order valence-corrected chi connectivity index (χ3v) is 9.31. The van der Waals surface area contributed by atoms with Gasteiger partial charge in [0, 0.05) is 33.4 Å². The Bertz CT molecular complexity index is 2220. The summed E-state index contributed by atoms with van der Waals surface area (Å²) in [7, 11) is 0. The van der Waals surface area contributed by atoms with Gasteiger partial charge in [0.05, 0.1) is 17.1 Å². The molecule has 0 bridgehead atoms. The summed E-state index contributed by atoms with van der Waals surface area (Å²) in [6.45, 7) is 22.7. The van der Waals surface area contributed by atoms with E-state index in [0.29, 0.717) is 5.82 Å². The fourth-order valence-electron chi connectivity index (χ4n) is 6.14. The van der Waals surface area contributed by atoms with E-state index in [2.05, 4.69) is 125 Å². The van der Waals surface area contributed by atoms with E-state index in [1.54, 1.807) is 12.2 Å². The van der Waals surface area contributed by atoms with Crippen LogP contribution in [0.15, 0.2) is 206 Å². The summed E-state index contributed by atoms with van der Waals surface area (Å²) < 4.78 is 0. The lowest BCUT2D eigenvalue weighted by molar-refractivity contribution is 0.641. The maximum Gasteiger partial charge on any atom is 0.160 e. The van der Waals surface area contributed by atoms with Crippen LogP contribution in [0.25, 0.3) is 39.6 Å². The van der Waals surface area contributed by atoms with Gasteiger partial charge in [0.1, 0.15) is 0 Å². The van der Waals surface area contributed by atoms with Gasteiger partial charge in [0.15, 0.2) is 5.82 Å². The van der Waals surface area contributed by atoms with Crippen LogP contribution in [0, 0.1) is 0 Å². The van der Waals surface area contributed by atoms with E-state index in [0.717, 1.165) is 61.8 Å². The molecule has 0 aliphatic carbocycles. The second-order valence-electron chi connectivity index (χ2n) is 13.2. The second-order valence-corrected chi connectivity index (χ2v) is 13.2. The van der Waals surface area contributed by atoms with E-state index < -0.39 is 0 Å². The van der Waals surface area contributed by atoms with Crippen molar-refractivity contribution in [3.63, 3.8) is 0 Å². The molecule has 0 N–H and O–H groups in total. The fourth-order valence-corrected chi connectivity index (χ4v) is 6.14. The van der Waals surface area contributed by atoms with Gasteiger partial charge in [0.2, 0.25) is 0 Å². The summed E-state index contributed by atoms with van der Waals surface area (Å²) in [5, 5.41) is 0. The first-order chi connectivity index (χ1) is 26.3. The van der Waals surface area contributed by atoms with Gasteiger partial charge in [-0.1, -0.05) is 205 Å². The van der Waals surface area contributed by atoms with E-state index >= 15 is 0 Å². The standard InChI is InChI=1S/C49H43N3.C2H6/c1-7-18-37(8-2)35(3)33-45(50-36(4)38-19-12-9-13-20-38)40-25-29-43(30-26-40)49(5,6)44-31-27-41(28-32-44)47-34-46(39-21-14-10-15-22-39)51-48(52-47)42-23-16-11-17-24-42;1-2/h7-34H,1-3H2,4-6H3;1-2H3/b37-18+,45-33-,50-36?;. The van der Waals surface area contributed by atoms with Crippen LogP contribution in [0.3, 0.4) is 0 Å². The number of hydrogen-bond acceptors (Lipinski definition) is 3. The molecule has 5 aromatic carbocycles. The molecule has 3 nitrogen and oxygen atoms in total. The first-order valence-corrected chi connectivity index (χ1v) is 18.5. The molecule has 0 unspecified atom stereocenters. The Morgan fingerprint density at radius 3 is 1.61 bits per heavy atom. The lowest BCUT2D eigenvalue weighted by atomic mass is 9.77. The van der Waals surface area contributed by atoms with Crippen molar-refractivity contribution in [1.29, 1.82) is 0 Å². The average molecular weight is 704 g/mol. The first kappa shape index (κ1) is 38.8. The van der Waals surface area contributed by atoms with Crippen molar-refractivity contribution in [2.45, 2.75) is 40.0 Å². The summed E-state index contributed by atoms with van der Waals surface area (Å²) >= 11 is 0. The summed E-state index contributed by atoms with van der Waals surface area (Å²) in [6.07, 6.45) is 7.46. The summed E-state index contributed by atoms with van der Waals surface area (Å²) in [6, 6.07) is 50.1. The Balaban J connectivity index is 0.00000276. The minimum absolute atomic E-state index is 0.257. The summed E-state index contributed by atoms with van der Waals surface area (Å²) in [5.41, 5.74) is 12.5. The molecular formula is C51H49N3. The van der Waals surface area contributed by atoms with Crippen molar-refractivity contribution in [2.24, 2.45) is 4.99 Å². The minimum Gasteiger partial charge on any atom is -0.252 e. The van der Waals surface area contributed by atoms with Crippen LogP contribution in [0.2, 0.25) is 0 Å². The molecule has 1 heterocycles. The SMILES string of the molecule is C=C/C=C(\C=C)C(=C)/C=C(\N=C(C)c1ccccc1)c1ccc(C(C)(C)c2ccc(-c3cc(-c4ccccc4)nc(-c4ccccc4)n3)cc2)cc1.CC. The van der Waals surface area contributed by atoms with Crippen LogP contribution in [-0.4, -0.2) is 15.7 Å². The maximum absolute atomic E-state index is 5.09. The molecule has 3 heteroatoms. The molecule has 6 rings (SSSR count). The van der Waals surface area contributed by atoms with Crippen molar-refractivity contribution in [3.05, 3.63) is 223 Å². The Morgan fingerprint density at radius 1 is 0.611 bits per heavy atom. The number of rotatable bonds is 12. The van der Waals surface area contributed by atoms with Crippen molar-refractivity contribution in [3.8, 4) is 33.9 Å². The Morgan fingerprint density at radius 2 is 1.09 bits per heavy atom. The van der Waals surface area contributed by atoms with Gasteiger partial charge in [-0.3, -0.25) is 4.99 Å². The summed E-state index contributed by atoms with van der Waals surface area (Å²) in [4.78, 5) is 15.1. The Labute approximate surface area is 322 Å². The van der Waals surface area contributed by atoms with Crippen LogP contribution < -0.4 is 0 Å². The van der Waals surface area contributed by atoms with Crippen molar-refractivity contribution < 1.29 is 0 Å². The fraction of sp³-hybridized carbons (Fsp3) is 0.118. The molecule has 0 saturated heterocycles. The Kier molecular flexibility index (Phi) is 13.2. The highest BCUT2D eigenvalue weighted by molar-refractivity contribution is 6.01. The molecule has 6 aromatic rings. The van der Waals surface area contributed by atoms with Gasteiger partial charge in [-0.05, 0) is 46.9 Å². The minimum atomic E-state index is -0.257. The summed E-state index contributed by atoms with van der Waals surface area (Å²) in [5.74, 6) is 0.708. The zero-order chi connectivity index (χ0) is 38.5. The van der Waals surface area contributed by atoms with Crippen molar-refractivity contribution in [1.82, 2.24) is 9.97 Å². The normalized spacial score (nSPS) is 12.0. The highest BCUT2D eigenvalue weighted by Gasteiger charge is 2.23. The number of aromatic nitrogens is 2. The third kappa shape index (κ3) is 9.31. The quantitative estimate of drug-likeness (QED) is 0.0940. The lowest BCUT2D eigenvalue weighted by Crippen LogP contribution is -2.18. The van der Waals surface area contributed by atoms with Gasteiger partial charge in [-0.15, -0.1) is 0 Å². The number of benzene rings is 5. The molecule has 0 aliphatic rings. The maximum atomic E-state index is 5.09. The number of aliphatic imine (C=N–C) groups is 1. The van der Waals surface area contributed by atoms with Gasteiger partial charge >= 0.3 is 0 Å². The first-order valence-electron chi connectivity index (χ1n) is 18.5. The molecule has 0 radical (unpaired) electrons. The van der Waals surface area contributed by atoms with Crippen LogP contribution >= 0.6 is 0 Å². The Hall–Kier alpha value is -6.45. The highest BCUT2D eigenvalue weighted by Crippen LogP contribution is 2.35. The molecule has 1 aromatic heterocycles. The van der Waals surface area contributed by atoms with Gasteiger partial charge in [0.25, 0.3) is 0 Å². The van der Waals surface area contributed by atoms with Gasteiger partial charge in [-0.25, -0.2) is 9.97 Å². The van der Waals surface area contributed by atoms with Crippen LogP contribution in [-0.2, 0) is 5.41 Å².